The molecule has 1 N–H and O–H groups in total. The third-order valence-corrected chi connectivity index (χ3v) is 4.26. The molecule has 0 bridgehead atoms. The van der Waals surface area contributed by atoms with E-state index < -0.39 is 0 Å². The van der Waals surface area contributed by atoms with Gasteiger partial charge in [-0.05, 0) is 62.8 Å². The number of rotatable bonds is 3. The Morgan fingerprint density at radius 3 is 2.41 bits per heavy atom. The number of benzene rings is 1. The largest absolute Gasteiger partial charge is 0.382 e. The van der Waals surface area contributed by atoms with Crippen LogP contribution in [0.1, 0.15) is 50.2 Å². The summed E-state index contributed by atoms with van der Waals surface area (Å²) in [6.45, 7) is 6.70. The monoisotopic (exact) mass is 231 g/mol. The van der Waals surface area contributed by atoms with Crippen molar-refractivity contribution in [3.63, 3.8) is 0 Å². The first kappa shape index (κ1) is 12.5. The molecule has 0 amide bonds. The lowest BCUT2D eigenvalue weighted by Gasteiger charge is -2.29. The highest BCUT2D eigenvalue weighted by Crippen LogP contribution is 2.28. The van der Waals surface area contributed by atoms with Crippen molar-refractivity contribution < 1.29 is 0 Å². The van der Waals surface area contributed by atoms with E-state index in [4.69, 9.17) is 0 Å². The van der Waals surface area contributed by atoms with E-state index in [1.165, 1.54) is 48.9 Å². The lowest BCUT2D eigenvalue weighted by atomic mass is 9.84. The zero-order valence-corrected chi connectivity index (χ0v) is 11.4. The minimum atomic E-state index is 0.609. The summed E-state index contributed by atoms with van der Waals surface area (Å²) in [5.74, 6) is 0.866. The van der Waals surface area contributed by atoms with Crippen molar-refractivity contribution in [2.45, 2.75) is 58.9 Å². The average molecular weight is 231 g/mol. The zero-order valence-electron chi connectivity index (χ0n) is 11.4. The molecule has 1 unspecified atom stereocenters. The maximum atomic E-state index is 3.68. The molecule has 1 nitrogen and oxygen atoms in total. The number of hydrogen-bond donors (Lipinski definition) is 1. The van der Waals surface area contributed by atoms with Gasteiger partial charge in [0.15, 0.2) is 0 Å². The first-order chi connectivity index (χ1) is 8.16. The molecule has 0 saturated heterocycles. The third-order valence-electron chi connectivity index (χ3n) is 4.26. The molecule has 0 radical (unpaired) electrons. The van der Waals surface area contributed by atoms with E-state index in [9.17, 15) is 0 Å². The molecule has 0 heterocycles. The second-order valence-corrected chi connectivity index (χ2v) is 5.63. The molecule has 94 valence electrons. The molecule has 17 heavy (non-hydrogen) atoms. The van der Waals surface area contributed by atoms with Crippen LogP contribution in [0.25, 0.3) is 0 Å². The van der Waals surface area contributed by atoms with Gasteiger partial charge in [-0.2, -0.15) is 0 Å². The fraction of sp³-hybridized carbons (Fsp3) is 0.625. The van der Waals surface area contributed by atoms with Crippen molar-refractivity contribution >= 4 is 5.69 Å². The smallest absolute Gasteiger partial charge is 0.0345 e. The lowest BCUT2D eigenvalue weighted by Crippen LogP contribution is -2.27. The van der Waals surface area contributed by atoms with Gasteiger partial charge in [-0.15, -0.1) is 0 Å². The highest BCUT2D eigenvalue weighted by Gasteiger charge is 2.19. The number of nitrogens with one attached hydrogen (secondary N) is 1. The molecular formula is C16H25N. The Kier molecular flexibility index (Phi) is 4.09. The van der Waals surface area contributed by atoms with Crippen molar-refractivity contribution in [3.8, 4) is 0 Å². The van der Waals surface area contributed by atoms with Crippen LogP contribution in [0.15, 0.2) is 18.2 Å². The van der Waals surface area contributed by atoms with Crippen LogP contribution in [0.4, 0.5) is 5.69 Å². The molecular weight excluding hydrogens is 206 g/mol. The van der Waals surface area contributed by atoms with Crippen LogP contribution in [0.5, 0.6) is 0 Å². The van der Waals surface area contributed by atoms with E-state index in [1.807, 2.05) is 0 Å². The van der Waals surface area contributed by atoms with Gasteiger partial charge in [0, 0.05) is 11.7 Å². The van der Waals surface area contributed by atoms with Gasteiger partial charge in [0.2, 0.25) is 0 Å². The zero-order chi connectivity index (χ0) is 12.3. The van der Waals surface area contributed by atoms with E-state index in [0.717, 1.165) is 5.92 Å². The lowest BCUT2D eigenvalue weighted by molar-refractivity contribution is 0.328. The molecule has 1 atom stereocenters. The summed E-state index contributed by atoms with van der Waals surface area (Å²) in [6, 6.07) is 7.30. The summed E-state index contributed by atoms with van der Waals surface area (Å²) in [7, 11) is 0. The summed E-state index contributed by atoms with van der Waals surface area (Å²) in [5, 5.41) is 3.68. The topological polar surface area (TPSA) is 12.0 Å². The van der Waals surface area contributed by atoms with Crippen molar-refractivity contribution in [1.29, 1.82) is 0 Å². The van der Waals surface area contributed by atoms with E-state index in [-0.39, 0.29) is 0 Å². The SMILES string of the molecule is Cc1ccc(NC(C)C2CCCCC2)cc1C. The summed E-state index contributed by atoms with van der Waals surface area (Å²) >= 11 is 0. The van der Waals surface area contributed by atoms with Crippen LogP contribution in [-0.2, 0) is 0 Å². The quantitative estimate of drug-likeness (QED) is 0.796. The van der Waals surface area contributed by atoms with Crippen LogP contribution < -0.4 is 5.32 Å². The first-order valence-electron chi connectivity index (χ1n) is 7.00. The first-order valence-corrected chi connectivity index (χ1v) is 7.00. The van der Waals surface area contributed by atoms with Crippen LogP contribution in [0.3, 0.4) is 0 Å². The predicted octanol–water partition coefficient (Wildman–Crippen LogP) is 4.68. The maximum Gasteiger partial charge on any atom is 0.0345 e. The van der Waals surface area contributed by atoms with Gasteiger partial charge in [-0.1, -0.05) is 25.3 Å². The van der Waals surface area contributed by atoms with Gasteiger partial charge in [0.25, 0.3) is 0 Å². The van der Waals surface area contributed by atoms with Crippen LogP contribution in [-0.4, -0.2) is 6.04 Å². The van der Waals surface area contributed by atoms with Gasteiger partial charge in [0.1, 0.15) is 0 Å². The van der Waals surface area contributed by atoms with E-state index in [2.05, 4.69) is 44.3 Å². The van der Waals surface area contributed by atoms with Crippen LogP contribution in [0, 0.1) is 19.8 Å². The van der Waals surface area contributed by atoms with Gasteiger partial charge < -0.3 is 5.32 Å². The van der Waals surface area contributed by atoms with Crippen LogP contribution >= 0.6 is 0 Å². The Morgan fingerprint density at radius 1 is 1.06 bits per heavy atom. The maximum absolute atomic E-state index is 3.68. The second-order valence-electron chi connectivity index (χ2n) is 5.63. The average Bonchev–Trinajstić information content (AvgIpc) is 2.35. The fourth-order valence-corrected chi connectivity index (χ4v) is 2.85. The summed E-state index contributed by atoms with van der Waals surface area (Å²) in [5.41, 5.74) is 4.04. The van der Waals surface area contributed by atoms with Crippen molar-refractivity contribution in [2.75, 3.05) is 5.32 Å². The molecule has 1 aliphatic carbocycles. The Hall–Kier alpha value is -0.980. The molecule has 2 rings (SSSR count). The molecule has 1 aliphatic rings. The van der Waals surface area contributed by atoms with Gasteiger partial charge in [0.05, 0.1) is 0 Å². The Labute approximate surface area is 106 Å². The summed E-state index contributed by atoms with van der Waals surface area (Å²) < 4.78 is 0. The molecule has 1 fully saturated rings. The minimum absolute atomic E-state index is 0.609. The Balaban J connectivity index is 1.96. The molecule has 0 aromatic heterocycles. The van der Waals surface area contributed by atoms with Crippen LogP contribution in [0.2, 0.25) is 0 Å². The Bertz CT molecular complexity index is 364. The number of hydrogen-bond acceptors (Lipinski definition) is 1. The molecule has 1 heteroatoms. The molecule has 1 aromatic carbocycles. The summed E-state index contributed by atoms with van der Waals surface area (Å²) in [6.07, 6.45) is 7.08. The molecule has 1 aromatic rings. The number of anilines is 1. The Morgan fingerprint density at radius 2 is 1.76 bits per heavy atom. The fourth-order valence-electron chi connectivity index (χ4n) is 2.85. The molecule has 0 aliphatic heterocycles. The van der Waals surface area contributed by atoms with Gasteiger partial charge in [-0.25, -0.2) is 0 Å². The molecule has 1 saturated carbocycles. The van der Waals surface area contributed by atoms with Crippen molar-refractivity contribution in [3.05, 3.63) is 29.3 Å². The van der Waals surface area contributed by atoms with E-state index >= 15 is 0 Å². The highest BCUT2D eigenvalue weighted by molar-refractivity contribution is 5.48. The molecule has 0 spiro atoms. The second kappa shape index (κ2) is 5.57. The number of aryl methyl sites for hydroxylation is 2. The standard InChI is InChI=1S/C16H25N/c1-12-9-10-16(11-13(12)2)17-14(3)15-7-5-4-6-8-15/h9-11,14-15,17H,4-8H2,1-3H3. The van der Waals surface area contributed by atoms with Gasteiger partial charge >= 0.3 is 0 Å². The third kappa shape index (κ3) is 3.24. The van der Waals surface area contributed by atoms with Crippen molar-refractivity contribution in [1.82, 2.24) is 0 Å². The summed E-state index contributed by atoms with van der Waals surface area (Å²) in [4.78, 5) is 0. The van der Waals surface area contributed by atoms with E-state index in [1.54, 1.807) is 0 Å². The van der Waals surface area contributed by atoms with E-state index in [0.29, 0.717) is 6.04 Å². The normalized spacial score (nSPS) is 19.0. The van der Waals surface area contributed by atoms with Crippen molar-refractivity contribution in [2.24, 2.45) is 5.92 Å². The highest BCUT2D eigenvalue weighted by atomic mass is 14.9. The predicted molar refractivity (Wildman–Crippen MR) is 75.6 cm³/mol. The van der Waals surface area contributed by atoms with Gasteiger partial charge in [-0.3, -0.25) is 0 Å². The minimum Gasteiger partial charge on any atom is -0.382 e.